The van der Waals surface area contributed by atoms with Gasteiger partial charge in [-0.25, -0.2) is 8.78 Å². The van der Waals surface area contributed by atoms with Crippen LogP contribution in [0.3, 0.4) is 0 Å². The molecule has 0 aliphatic carbocycles. The first-order valence-electron chi connectivity index (χ1n) is 7.62. The summed E-state index contributed by atoms with van der Waals surface area (Å²) in [6, 6.07) is 9.34. The second kappa shape index (κ2) is 7.68. The molecule has 0 spiro atoms. The van der Waals surface area contributed by atoms with Gasteiger partial charge >= 0.3 is 0 Å². The molecular formula is C18H18F2N2O2. The van der Waals surface area contributed by atoms with Gasteiger partial charge in [-0.2, -0.15) is 0 Å². The number of nitrogens with zero attached hydrogens (tertiary/aromatic N) is 1. The van der Waals surface area contributed by atoms with E-state index in [-0.39, 0.29) is 11.5 Å². The minimum absolute atomic E-state index is 0.0113. The van der Waals surface area contributed by atoms with Crippen molar-refractivity contribution in [3.8, 4) is 0 Å². The van der Waals surface area contributed by atoms with Gasteiger partial charge in [0.05, 0.1) is 0 Å². The first-order chi connectivity index (χ1) is 11.5. The van der Waals surface area contributed by atoms with E-state index in [0.717, 1.165) is 12.1 Å². The quantitative estimate of drug-likeness (QED) is 0.907. The van der Waals surface area contributed by atoms with E-state index in [1.54, 1.807) is 29.2 Å². The Morgan fingerprint density at radius 1 is 0.917 bits per heavy atom. The highest BCUT2D eigenvalue weighted by Crippen LogP contribution is 2.14. The lowest BCUT2D eigenvalue weighted by molar-refractivity contribution is 0.0773. The van der Waals surface area contributed by atoms with Crippen molar-refractivity contribution in [2.75, 3.05) is 18.4 Å². The molecule has 0 fully saturated rings. The van der Waals surface area contributed by atoms with Gasteiger partial charge in [-0.05, 0) is 56.3 Å². The van der Waals surface area contributed by atoms with Gasteiger partial charge < -0.3 is 10.2 Å². The minimum Gasteiger partial charge on any atom is -0.339 e. The summed E-state index contributed by atoms with van der Waals surface area (Å²) < 4.78 is 26.1. The molecule has 0 bridgehead atoms. The zero-order chi connectivity index (χ0) is 17.7. The molecule has 2 aromatic rings. The minimum atomic E-state index is -1.08. The molecule has 0 unspecified atom stereocenters. The van der Waals surface area contributed by atoms with Crippen LogP contribution in [0.1, 0.15) is 34.6 Å². The largest absolute Gasteiger partial charge is 0.339 e. The number of carbonyl (C=O) groups is 2. The molecule has 2 rings (SSSR count). The summed E-state index contributed by atoms with van der Waals surface area (Å²) in [6.07, 6.45) is 0. The number of anilines is 1. The van der Waals surface area contributed by atoms with Gasteiger partial charge in [0.2, 0.25) is 0 Å². The molecular weight excluding hydrogens is 314 g/mol. The fourth-order valence-electron chi connectivity index (χ4n) is 2.23. The number of rotatable bonds is 5. The van der Waals surface area contributed by atoms with Gasteiger partial charge in [-0.15, -0.1) is 0 Å². The summed E-state index contributed by atoms with van der Waals surface area (Å²) in [7, 11) is 0. The fourth-order valence-corrected chi connectivity index (χ4v) is 2.23. The molecule has 0 aliphatic rings. The maximum atomic E-state index is 13.2. The standard InChI is InChI=1S/C18H18F2N2O2/c1-3-22(4-2)18(24)12-5-8-14(9-6-12)21-17(23)13-7-10-15(19)16(20)11-13/h5-11H,3-4H2,1-2H3,(H,21,23). The average Bonchev–Trinajstić information content (AvgIpc) is 2.59. The summed E-state index contributed by atoms with van der Waals surface area (Å²) in [5, 5.41) is 2.58. The lowest BCUT2D eigenvalue weighted by Gasteiger charge is -2.18. The van der Waals surface area contributed by atoms with Crippen LogP contribution in [0.2, 0.25) is 0 Å². The second-order valence-electron chi connectivity index (χ2n) is 5.14. The van der Waals surface area contributed by atoms with E-state index in [0.29, 0.717) is 24.3 Å². The highest BCUT2D eigenvalue weighted by Gasteiger charge is 2.13. The van der Waals surface area contributed by atoms with E-state index in [2.05, 4.69) is 5.32 Å². The number of benzene rings is 2. The highest BCUT2D eigenvalue weighted by atomic mass is 19.2. The summed E-state index contributed by atoms with van der Waals surface area (Å²) in [5.74, 6) is -2.73. The Hall–Kier alpha value is -2.76. The zero-order valence-corrected chi connectivity index (χ0v) is 13.5. The molecule has 1 N–H and O–H groups in total. The van der Waals surface area contributed by atoms with Crippen molar-refractivity contribution in [2.24, 2.45) is 0 Å². The van der Waals surface area contributed by atoms with Crippen molar-refractivity contribution in [3.05, 3.63) is 65.2 Å². The summed E-state index contributed by atoms with van der Waals surface area (Å²) in [4.78, 5) is 25.9. The summed E-state index contributed by atoms with van der Waals surface area (Å²) >= 11 is 0. The second-order valence-corrected chi connectivity index (χ2v) is 5.14. The van der Waals surface area contributed by atoms with Gasteiger partial charge in [0.1, 0.15) is 0 Å². The van der Waals surface area contributed by atoms with Crippen molar-refractivity contribution >= 4 is 17.5 Å². The van der Waals surface area contributed by atoms with Gasteiger partial charge in [0, 0.05) is 29.9 Å². The summed E-state index contributed by atoms with van der Waals surface area (Å²) in [6.45, 7) is 5.03. The van der Waals surface area contributed by atoms with Crippen LogP contribution in [0.15, 0.2) is 42.5 Å². The van der Waals surface area contributed by atoms with Gasteiger partial charge in [0.25, 0.3) is 11.8 Å². The van der Waals surface area contributed by atoms with Crippen molar-refractivity contribution in [3.63, 3.8) is 0 Å². The third-order valence-electron chi connectivity index (χ3n) is 3.62. The van der Waals surface area contributed by atoms with Crippen LogP contribution in [0, 0.1) is 11.6 Å². The van der Waals surface area contributed by atoms with Crippen molar-refractivity contribution in [1.29, 1.82) is 0 Å². The molecule has 2 aromatic carbocycles. The van der Waals surface area contributed by atoms with Crippen LogP contribution in [0.4, 0.5) is 14.5 Å². The van der Waals surface area contributed by atoms with Crippen LogP contribution in [-0.4, -0.2) is 29.8 Å². The summed E-state index contributed by atoms with van der Waals surface area (Å²) in [5.41, 5.74) is 0.988. The Morgan fingerprint density at radius 2 is 1.50 bits per heavy atom. The third kappa shape index (κ3) is 3.95. The maximum Gasteiger partial charge on any atom is 0.255 e. The Bertz CT molecular complexity index is 741. The zero-order valence-electron chi connectivity index (χ0n) is 13.5. The smallest absolute Gasteiger partial charge is 0.255 e. The van der Waals surface area contributed by atoms with E-state index in [4.69, 9.17) is 0 Å². The van der Waals surface area contributed by atoms with Crippen molar-refractivity contribution in [1.82, 2.24) is 4.90 Å². The highest BCUT2D eigenvalue weighted by molar-refractivity contribution is 6.04. The molecule has 0 radical (unpaired) electrons. The normalized spacial score (nSPS) is 10.3. The number of amides is 2. The maximum absolute atomic E-state index is 13.2. The first kappa shape index (κ1) is 17.6. The lowest BCUT2D eigenvalue weighted by Crippen LogP contribution is -2.30. The van der Waals surface area contributed by atoms with Crippen LogP contribution in [0.5, 0.6) is 0 Å². The first-order valence-corrected chi connectivity index (χ1v) is 7.62. The van der Waals surface area contributed by atoms with Crippen molar-refractivity contribution in [2.45, 2.75) is 13.8 Å². The monoisotopic (exact) mass is 332 g/mol. The predicted octanol–water partition coefficient (Wildman–Crippen LogP) is 3.70. The Balaban J connectivity index is 2.09. The van der Waals surface area contributed by atoms with Gasteiger partial charge in [-0.1, -0.05) is 0 Å². The van der Waals surface area contributed by atoms with Crippen LogP contribution in [0.25, 0.3) is 0 Å². The molecule has 0 heterocycles. The SMILES string of the molecule is CCN(CC)C(=O)c1ccc(NC(=O)c2ccc(F)c(F)c2)cc1. The molecule has 6 heteroatoms. The Kier molecular flexibility index (Phi) is 5.63. The molecule has 0 saturated heterocycles. The number of carbonyl (C=O) groups excluding carboxylic acids is 2. The number of nitrogens with one attached hydrogen (secondary N) is 1. The third-order valence-corrected chi connectivity index (χ3v) is 3.62. The van der Waals surface area contributed by atoms with E-state index in [9.17, 15) is 18.4 Å². The van der Waals surface area contributed by atoms with E-state index >= 15 is 0 Å². The fraction of sp³-hybridized carbons (Fsp3) is 0.222. The van der Waals surface area contributed by atoms with E-state index in [1.807, 2.05) is 13.8 Å². The average molecular weight is 332 g/mol. The topological polar surface area (TPSA) is 49.4 Å². The van der Waals surface area contributed by atoms with E-state index < -0.39 is 17.5 Å². The number of halogens is 2. The van der Waals surface area contributed by atoms with Crippen LogP contribution in [-0.2, 0) is 0 Å². The molecule has 0 aliphatic heterocycles. The van der Waals surface area contributed by atoms with Gasteiger partial charge in [-0.3, -0.25) is 9.59 Å². The molecule has 2 amide bonds. The molecule has 4 nitrogen and oxygen atoms in total. The van der Waals surface area contributed by atoms with Crippen LogP contribution < -0.4 is 5.32 Å². The number of hydrogen-bond donors (Lipinski definition) is 1. The number of hydrogen-bond acceptors (Lipinski definition) is 2. The molecule has 126 valence electrons. The van der Waals surface area contributed by atoms with Crippen LogP contribution >= 0.6 is 0 Å². The van der Waals surface area contributed by atoms with Gasteiger partial charge in [0.15, 0.2) is 11.6 Å². The van der Waals surface area contributed by atoms with E-state index in [1.165, 1.54) is 6.07 Å². The molecule has 24 heavy (non-hydrogen) atoms. The molecule has 0 atom stereocenters. The Morgan fingerprint density at radius 3 is 2.04 bits per heavy atom. The Labute approximate surface area is 139 Å². The lowest BCUT2D eigenvalue weighted by atomic mass is 10.1. The molecule has 0 saturated carbocycles. The molecule has 0 aromatic heterocycles. The van der Waals surface area contributed by atoms with Crippen molar-refractivity contribution < 1.29 is 18.4 Å². The predicted molar refractivity (Wildman–Crippen MR) is 88.0 cm³/mol.